The summed E-state index contributed by atoms with van der Waals surface area (Å²) in [5.41, 5.74) is 3.62. The molecule has 1 aliphatic heterocycles. The molecule has 0 aliphatic carbocycles. The Kier molecular flexibility index (Phi) is 7.52. The Bertz CT molecular complexity index is 1390. The van der Waals surface area contributed by atoms with Gasteiger partial charge in [-0.1, -0.05) is 34.1 Å². The zero-order chi connectivity index (χ0) is 25.8. The molecule has 1 fully saturated rings. The Morgan fingerprint density at radius 2 is 1.86 bits per heavy atom. The van der Waals surface area contributed by atoms with Crippen LogP contribution in [0.2, 0.25) is 0 Å². The van der Waals surface area contributed by atoms with Gasteiger partial charge in [-0.15, -0.1) is 0 Å². The molecule has 0 bridgehead atoms. The largest absolute Gasteiger partial charge is 0.495 e. The third-order valence-electron chi connectivity index (χ3n) is 6.35. The van der Waals surface area contributed by atoms with Gasteiger partial charge in [0.25, 0.3) is 0 Å². The number of nitrogens with zero attached hydrogens (tertiary/aromatic N) is 3. The van der Waals surface area contributed by atoms with Crippen molar-refractivity contribution in [3.8, 4) is 11.4 Å². The average Bonchev–Trinajstić information content (AvgIpc) is 3.53. The number of nitrogens with one attached hydrogen (secondary N) is 2. The minimum Gasteiger partial charge on any atom is -0.495 e. The van der Waals surface area contributed by atoms with Crippen molar-refractivity contribution in [3.63, 3.8) is 0 Å². The topological polar surface area (TPSA) is 71.4 Å². The van der Waals surface area contributed by atoms with Crippen LogP contribution in [0.25, 0.3) is 5.69 Å². The zero-order valence-corrected chi connectivity index (χ0v) is 22.6. The molecule has 5 rings (SSSR count). The first-order valence-electron chi connectivity index (χ1n) is 11.9. The van der Waals surface area contributed by atoms with E-state index in [1.54, 1.807) is 13.3 Å². The average molecular weight is 577 g/mol. The quantitative estimate of drug-likeness (QED) is 0.265. The summed E-state index contributed by atoms with van der Waals surface area (Å²) in [5, 5.41) is 7.01. The van der Waals surface area contributed by atoms with E-state index >= 15 is 0 Å². The van der Waals surface area contributed by atoms with Crippen molar-refractivity contribution < 1.29 is 9.53 Å². The van der Waals surface area contributed by atoms with Crippen molar-refractivity contribution in [1.29, 1.82) is 0 Å². The molecule has 2 atom stereocenters. The molecule has 9 heteroatoms. The first-order chi connectivity index (χ1) is 18.0. The van der Waals surface area contributed by atoms with Crippen LogP contribution in [0.15, 0.2) is 95.7 Å². The molecule has 37 heavy (non-hydrogen) atoms. The van der Waals surface area contributed by atoms with Crippen LogP contribution in [0.1, 0.15) is 29.9 Å². The van der Waals surface area contributed by atoms with Crippen molar-refractivity contribution in [1.82, 2.24) is 19.8 Å². The molecular formula is C28H26BrN5O2S. The van der Waals surface area contributed by atoms with Gasteiger partial charge >= 0.3 is 0 Å². The summed E-state index contributed by atoms with van der Waals surface area (Å²) in [6.07, 6.45) is 4.08. The second-order valence-corrected chi connectivity index (χ2v) is 9.90. The highest BCUT2D eigenvalue weighted by atomic mass is 79.9. The highest BCUT2D eigenvalue weighted by Gasteiger charge is 2.41. The number of hydrogen-bond acceptors (Lipinski definition) is 4. The van der Waals surface area contributed by atoms with Gasteiger partial charge in [-0.3, -0.25) is 9.78 Å². The second kappa shape index (κ2) is 11.1. The molecule has 188 valence electrons. The molecule has 0 unspecified atom stereocenters. The molecule has 2 aromatic heterocycles. The van der Waals surface area contributed by atoms with Crippen molar-refractivity contribution in [3.05, 3.63) is 107 Å². The predicted molar refractivity (Wildman–Crippen MR) is 152 cm³/mol. The summed E-state index contributed by atoms with van der Waals surface area (Å²) in [4.78, 5) is 19.6. The van der Waals surface area contributed by atoms with E-state index in [9.17, 15) is 4.79 Å². The van der Waals surface area contributed by atoms with Gasteiger partial charge in [0.1, 0.15) is 5.75 Å². The molecular weight excluding hydrogens is 550 g/mol. The highest BCUT2D eigenvalue weighted by molar-refractivity contribution is 9.10. The fourth-order valence-electron chi connectivity index (χ4n) is 4.62. The lowest BCUT2D eigenvalue weighted by Crippen LogP contribution is -2.33. The number of para-hydroxylation sites is 2. The van der Waals surface area contributed by atoms with E-state index in [0.717, 1.165) is 21.5 Å². The zero-order valence-electron chi connectivity index (χ0n) is 20.2. The number of carbonyl (C=O) groups excluding carboxylic acids is 1. The van der Waals surface area contributed by atoms with Crippen molar-refractivity contribution >= 4 is 44.9 Å². The summed E-state index contributed by atoms with van der Waals surface area (Å²) in [6, 6.07) is 25.2. The molecule has 7 nitrogen and oxygen atoms in total. The lowest BCUT2D eigenvalue weighted by Gasteiger charge is -2.29. The van der Waals surface area contributed by atoms with E-state index in [0.29, 0.717) is 23.1 Å². The molecule has 0 radical (unpaired) electrons. The number of carbonyl (C=O) groups is 1. The molecule has 3 heterocycles. The van der Waals surface area contributed by atoms with E-state index in [1.165, 1.54) is 0 Å². The van der Waals surface area contributed by atoms with Crippen molar-refractivity contribution in [2.75, 3.05) is 19.0 Å². The van der Waals surface area contributed by atoms with E-state index in [4.69, 9.17) is 17.0 Å². The Balaban J connectivity index is 1.43. The van der Waals surface area contributed by atoms with Crippen LogP contribution in [0.5, 0.6) is 5.75 Å². The molecule has 1 aliphatic rings. The first kappa shape index (κ1) is 25.0. The molecule has 0 spiro atoms. The maximum absolute atomic E-state index is 12.9. The van der Waals surface area contributed by atoms with Gasteiger partial charge in [0.05, 0.1) is 30.6 Å². The standard InChI is InChI=1S/C28H26BrN5O2S/c1-36-24-10-3-2-7-21(24)31-25(35)15-18-34-27(26(32-28(34)37)22-8-4-5-16-30-22)23-9-6-17-33(23)20-13-11-19(29)12-14-20/h2-14,16-17,26-27H,15,18H2,1H3,(H,31,35)(H,32,37)/t26-,27+/m1/s1. The van der Waals surface area contributed by atoms with Crippen molar-refractivity contribution in [2.45, 2.75) is 18.5 Å². The lowest BCUT2D eigenvalue weighted by molar-refractivity contribution is -0.116. The summed E-state index contributed by atoms with van der Waals surface area (Å²) in [6.45, 7) is 0.437. The van der Waals surface area contributed by atoms with Crippen LogP contribution in [-0.4, -0.2) is 39.1 Å². The van der Waals surface area contributed by atoms with Crippen LogP contribution in [0.3, 0.4) is 0 Å². The highest BCUT2D eigenvalue weighted by Crippen LogP contribution is 2.39. The predicted octanol–water partition coefficient (Wildman–Crippen LogP) is 5.64. The van der Waals surface area contributed by atoms with Crippen LogP contribution >= 0.6 is 28.1 Å². The fourth-order valence-corrected chi connectivity index (χ4v) is 5.22. The molecule has 0 saturated carbocycles. The summed E-state index contributed by atoms with van der Waals surface area (Å²) in [5.74, 6) is 0.505. The Morgan fingerprint density at radius 1 is 1.08 bits per heavy atom. The molecule has 2 N–H and O–H groups in total. The second-order valence-electron chi connectivity index (χ2n) is 8.60. The molecule has 4 aromatic rings. The van der Waals surface area contributed by atoms with E-state index in [2.05, 4.69) is 59.2 Å². The summed E-state index contributed by atoms with van der Waals surface area (Å²) in [7, 11) is 1.59. The monoisotopic (exact) mass is 575 g/mol. The number of aromatic nitrogens is 2. The number of halogens is 1. The van der Waals surface area contributed by atoms with Crippen LogP contribution < -0.4 is 15.4 Å². The third kappa shape index (κ3) is 5.38. The van der Waals surface area contributed by atoms with Gasteiger partial charge in [0.2, 0.25) is 5.91 Å². The minimum atomic E-state index is -0.171. The van der Waals surface area contributed by atoms with Gasteiger partial charge < -0.3 is 24.8 Å². The number of pyridine rings is 1. The number of rotatable bonds is 8. The Labute approximate surface area is 229 Å². The number of ether oxygens (including phenoxy) is 1. The van der Waals surface area contributed by atoms with Gasteiger partial charge in [-0.05, 0) is 72.9 Å². The van der Waals surface area contributed by atoms with Gasteiger partial charge in [-0.25, -0.2) is 0 Å². The summed E-state index contributed by atoms with van der Waals surface area (Å²) < 4.78 is 8.54. The molecule has 2 aromatic carbocycles. The Morgan fingerprint density at radius 3 is 2.62 bits per heavy atom. The summed E-state index contributed by atoms with van der Waals surface area (Å²) >= 11 is 9.31. The number of amides is 1. The normalized spacial score (nSPS) is 16.9. The number of anilines is 1. The molecule has 1 saturated heterocycles. The SMILES string of the molecule is COc1ccccc1NC(=O)CCN1C(=S)N[C@H](c2ccccn2)[C@@H]1c1cccn1-c1ccc(Br)cc1. The van der Waals surface area contributed by atoms with Crippen molar-refractivity contribution in [2.24, 2.45) is 0 Å². The Hall–Kier alpha value is -3.69. The smallest absolute Gasteiger partial charge is 0.226 e. The van der Waals surface area contributed by atoms with Crippen LogP contribution in [0.4, 0.5) is 5.69 Å². The third-order valence-corrected chi connectivity index (χ3v) is 7.23. The van der Waals surface area contributed by atoms with Crippen LogP contribution in [0, 0.1) is 0 Å². The van der Waals surface area contributed by atoms with Gasteiger partial charge in [0, 0.05) is 41.2 Å². The maximum atomic E-state index is 12.9. The number of hydrogen-bond donors (Lipinski definition) is 2. The lowest BCUT2D eigenvalue weighted by atomic mass is 10.0. The number of methoxy groups -OCH3 is 1. The molecule has 1 amide bonds. The maximum Gasteiger partial charge on any atom is 0.226 e. The van der Waals surface area contributed by atoms with Gasteiger partial charge in [0.15, 0.2) is 5.11 Å². The first-order valence-corrected chi connectivity index (χ1v) is 13.1. The number of thiocarbonyl (C=S) groups is 1. The van der Waals surface area contributed by atoms with E-state index in [1.807, 2.05) is 66.9 Å². The fraction of sp³-hybridized carbons (Fsp3) is 0.179. The van der Waals surface area contributed by atoms with E-state index < -0.39 is 0 Å². The number of benzene rings is 2. The van der Waals surface area contributed by atoms with Gasteiger partial charge in [-0.2, -0.15) is 0 Å². The van der Waals surface area contributed by atoms with E-state index in [-0.39, 0.29) is 24.4 Å². The van der Waals surface area contributed by atoms with Crippen LogP contribution in [-0.2, 0) is 4.79 Å². The minimum absolute atomic E-state index is 0.115.